The maximum atomic E-state index is 2.49. The van der Waals surface area contributed by atoms with Crippen molar-refractivity contribution >= 4 is 37.1 Å². The second-order valence-corrected chi connectivity index (χ2v) is 10.4. The molecule has 0 aromatic heterocycles. The second-order valence-electron chi connectivity index (χ2n) is 6.95. The van der Waals surface area contributed by atoms with Gasteiger partial charge in [0.2, 0.25) is 0 Å². The van der Waals surface area contributed by atoms with E-state index in [1.165, 1.54) is 10.9 Å². The van der Waals surface area contributed by atoms with Gasteiger partial charge in [-0.25, -0.2) is 0 Å². The first-order valence-electron chi connectivity index (χ1n) is 9.80. The molecule has 146 valence electrons. The van der Waals surface area contributed by atoms with E-state index in [1.807, 2.05) is 0 Å². The molecule has 2 aliphatic heterocycles. The third-order valence-corrected chi connectivity index (χ3v) is 8.98. The van der Waals surface area contributed by atoms with Gasteiger partial charge in [0.15, 0.2) is 0 Å². The van der Waals surface area contributed by atoms with E-state index in [0.29, 0.717) is 13.7 Å². The predicted molar refractivity (Wildman–Crippen MR) is 114 cm³/mol. The number of benzene rings is 2. The van der Waals surface area contributed by atoms with Crippen LogP contribution in [0.3, 0.4) is 0 Å². The van der Waals surface area contributed by atoms with Crippen LogP contribution in [0.5, 0.6) is 0 Å². The van der Waals surface area contributed by atoms with Gasteiger partial charge in [-0.1, -0.05) is 0 Å². The molecule has 0 unspecified atom stereocenters. The number of rotatable bonds is 6. The van der Waals surface area contributed by atoms with Gasteiger partial charge in [-0.05, 0) is 0 Å². The molecule has 0 saturated heterocycles. The van der Waals surface area contributed by atoms with Crippen molar-refractivity contribution in [3.63, 3.8) is 0 Å². The molecule has 0 radical (unpaired) electrons. The molecule has 2 nitrogen and oxygen atoms in total. The summed E-state index contributed by atoms with van der Waals surface area (Å²) in [6.45, 7) is 7.46. The van der Waals surface area contributed by atoms with Crippen molar-refractivity contribution in [2.45, 2.75) is 13.8 Å². The van der Waals surface area contributed by atoms with Crippen LogP contribution in [-0.4, -0.2) is 48.2 Å². The Morgan fingerprint density at radius 2 is 1.03 bits per heavy atom. The molecule has 2 aliphatic rings. The normalized spacial score (nSPS) is 15.0. The van der Waals surface area contributed by atoms with E-state index in [9.17, 15) is 0 Å². The minimum absolute atomic E-state index is 0. The summed E-state index contributed by atoms with van der Waals surface area (Å²) in [5.41, 5.74) is 2.85. The van der Waals surface area contributed by atoms with Crippen molar-refractivity contribution in [1.29, 1.82) is 0 Å². The topological polar surface area (TPSA) is 6.02 Å². The van der Waals surface area contributed by atoms with Crippen molar-refractivity contribution in [3.05, 3.63) is 79.2 Å². The number of hydrogen-bond donors (Lipinski definition) is 0. The number of nitrogens with zero attached hydrogens (tertiary/aromatic N) is 2. The zero-order valence-corrected chi connectivity index (χ0v) is 20.8. The Morgan fingerprint density at radius 1 is 0.655 bits per heavy atom. The molecule has 7 heteroatoms. The molecule has 2 heterocycles. The van der Waals surface area contributed by atoms with Crippen LogP contribution in [-0.2, 0) is 23.2 Å². The van der Waals surface area contributed by atoms with E-state index >= 15 is 0 Å². The van der Waals surface area contributed by atoms with E-state index in [1.54, 1.807) is 6.36 Å². The monoisotopic (exact) mass is 498 g/mol. The summed E-state index contributed by atoms with van der Waals surface area (Å²) in [5, 5.41) is 0. The average molecular weight is 500 g/mol. The molecule has 0 spiro atoms. The Kier molecular flexibility index (Phi) is 9.40. The van der Waals surface area contributed by atoms with E-state index in [-0.39, 0.29) is 24.8 Å². The largest absolute Gasteiger partial charge is 1.00 e. The van der Waals surface area contributed by atoms with E-state index in [0.717, 1.165) is 13.1 Å². The molecule has 0 bridgehead atoms. The molecular formula is C22H24B2Cl2N2Zr. The molecule has 0 atom stereocenters. The molecule has 0 amide bonds. The quantitative estimate of drug-likeness (QED) is 0.357. The summed E-state index contributed by atoms with van der Waals surface area (Å²) in [7, 11) is 0. The minimum Gasteiger partial charge on any atom is -1.00 e. The van der Waals surface area contributed by atoms with Crippen LogP contribution in [0.25, 0.3) is 0 Å². The molecule has 2 aromatic carbocycles. The Morgan fingerprint density at radius 3 is 1.38 bits per heavy atom. The van der Waals surface area contributed by atoms with Crippen molar-refractivity contribution in [2.75, 3.05) is 13.1 Å². The van der Waals surface area contributed by atoms with Gasteiger partial charge >= 0.3 is 175 Å². The van der Waals surface area contributed by atoms with Gasteiger partial charge in [0.25, 0.3) is 0 Å². The predicted octanol–water partition coefficient (Wildman–Crippen LogP) is -4.05. The minimum atomic E-state index is -0.868. The molecular weight excluding hydrogens is 476 g/mol. The third-order valence-electron chi connectivity index (χ3n) is 5.39. The molecule has 2 aromatic rings. The van der Waals surface area contributed by atoms with Crippen molar-refractivity contribution in [2.24, 2.45) is 0 Å². The Hall–Kier alpha value is -1.15. The number of allylic oxidation sites excluding steroid dienone is 2. The van der Waals surface area contributed by atoms with Gasteiger partial charge in [-0.3, -0.25) is 0 Å². The Balaban J connectivity index is 0.00000150. The van der Waals surface area contributed by atoms with Gasteiger partial charge in [0.1, 0.15) is 0 Å². The van der Waals surface area contributed by atoms with Crippen LogP contribution in [0.4, 0.5) is 0 Å². The molecule has 4 rings (SSSR count). The second kappa shape index (κ2) is 11.3. The zero-order chi connectivity index (χ0) is 18.6. The summed E-state index contributed by atoms with van der Waals surface area (Å²) in [6, 6.07) is 22.0. The van der Waals surface area contributed by atoms with Gasteiger partial charge in [-0.2, -0.15) is 0 Å². The number of hydrogen-bond acceptors (Lipinski definition) is 0. The van der Waals surface area contributed by atoms with Crippen LogP contribution in [0, 0.1) is 0 Å². The first kappa shape index (κ1) is 24.1. The Labute approximate surface area is 199 Å². The van der Waals surface area contributed by atoms with Crippen LogP contribution < -0.4 is 35.7 Å². The third kappa shape index (κ3) is 5.13. The molecule has 0 aliphatic carbocycles. The van der Waals surface area contributed by atoms with E-state index in [4.69, 9.17) is 0 Å². The van der Waals surface area contributed by atoms with Gasteiger partial charge in [0.05, 0.1) is 0 Å². The molecule has 0 saturated carbocycles. The maximum absolute atomic E-state index is 2.49. The fourth-order valence-electron chi connectivity index (χ4n) is 4.04. The fraction of sp³-hybridized carbons (Fsp3) is 0.182. The van der Waals surface area contributed by atoms with E-state index < -0.39 is 23.2 Å². The van der Waals surface area contributed by atoms with Crippen LogP contribution in [0.2, 0.25) is 0 Å². The summed E-state index contributed by atoms with van der Waals surface area (Å²) in [5.74, 6) is 0. The zero-order valence-electron chi connectivity index (χ0n) is 16.8. The van der Waals surface area contributed by atoms with Crippen LogP contribution in [0.1, 0.15) is 13.8 Å². The van der Waals surface area contributed by atoms with Gasteiger partial charge in [0, 0.05) is 0 Å². The van der Waals surface area contributed by atoms with Gasteiger partial charge in [-0.15, -0.1) is 0 Å². The number of halogens is 2. The molecule has 0 N–H and O–H groups in total. The summed E-state index contributed by atoms with van der Waals surface area (Å²) < 4.78 is 8.29. The maximum Gasteiger partial charge on any atom is -1.00 e. The molecule has 29 heavy (non-hydrogen) atoms. The van der Waals surface area contributed by atoms with Crippen molar-refractivity contribution in [3.8, 4) is 0 Å². The van der Waals surface area contributed by atoms with Gasteiger partial charge < -0.3 is 24.8 Å². The van der Waals surface area contributed by atoms with Crippen molar-refractivity contribution < 1.29 is 57.0 Å². The Bertz CT molecular complexity index is 866. The van der Waals surface area contributed by atoms with Crippen LogP contribution in [0.15, 0.2) is 79.2 Å². The first-order valence-corrected chi connectivity index (χ1v) is 12.3. The fourth-order valence-corrected chi connectivity index (χ4v) is 7.94. The van der Waals surface area contributed by atoms with Crippen LogP contribution >= 0.6 is 0 Å². The summed E-state index contributed by atoms with van der Waals surface area (Å²) in [6.07, 6.45) is 9.43. The standard InChI is InChI=1S/2C11H12BN.2ClH.Zr/c2*1-2-13-10-6-9-12(13)11-7-4-3-5-8-11;;;/h2*3-8,10H,2H2,1H3;2*1H;/q2*+1;;;/p-2. The summed E-state index contributed by atoms with van der Waals surface area (Å²) in [4.78, 5) is 0. The first-order chi connectivity index (χ1) is 13.3. The SMILES string of the molecule is CC[N+]1=CC=[C]([Zr][C]2=CC=[N+](CC)B2c2ccccc2)B1c1ccccc1.[Cl-].[Cl-]. The smallest absolute Gasteiger partial charge is 1.00 e. The summed E-state index contributed by atoms with van der Waals surface area (Å²) >= 11 is -0.868. The molecule has 0 fully saturated rings. The van der Waals surface area contributed by atoms with Crippen molar-refractivity contribution in [1.82, 2.24) is 0 Å². The van der Waals surface area contributed by atoms with E-state index in [2.05, 4.69) is 108 Å². The average Bonchev–Trinajstić information content (AvgIpc) is 3.33.